The van der Waals surface area contributed by atoms with Gasteiger partial charge in [-0.1, -0.05) is 55.5 Å². The van der Waals surface area contributed by atoms with E-state index in [2.05, 4.69) is 31.2 Å². The molecule has 0 amide bonds. The van der Waals surface area contributed by atoms with E-state index in [1.54, 1.807) is 0 Å². The molecule has 5 saturated carbocycles. The van der Waals surface area contributed by atoms with Gasteiger partial charge in [0.25, 0.3) is 0 Å². The van der Waals surface area contributed by atoms with Crippen molar-refractivity contribution < 1.29 is 14.3 Å². The zero-order chi connectivity index (χ0) is 23.4. The van der Waals surface area contributed by atoms with Crippen LogP contribution in [0.1, 0.15) is 36.5 Å². The third kappa shape index (κ3) is 2.11. The van der Waals surface area contributed by atoms with Gasteiger partial charge in [0.1, 0.15) is 6.10 Å². The molecule has 16 atom stereocenters. The van der Waals surface area contributed by atoms with Gasteiger partial charge in [-0.05, 0) is 107 Å². The topological polar surface area (TPSA) is 35.5 Å². The van der Waals surface area contributed by atoms with Gasteiger partial charge >= 0.3 is 5.97 Å². The summed E-state index contributed by atoms with van der Waals surface area (Å²) in [5.74, 6) is 9.90. The van der Waals surface area contributed by atoms with E-state index in [9.17, 15) is 4.79 Å². The first-order valence-corrected chi connectivity index (χ1v) is 14.7. The fourth-order valence-electron chi connectivity index (χ4n) is 12.6. The highest BCUT2D eigenvalue weighted by Gasteiger charge is 2.78. The molecule has 16 unspecified atom stereocenters. The summed E-state index contributed by atoms with van der Waals surface area (Å²) >= 11 is 0. The summed E-state index contributed by atoms with van der Waals surface area (Å²) in [7, 11) is 0. The summed E-state index contributed by atoms with van der Waals surface area (Å²) in [5, 5.41) is 2.10. The second kappa shape index (κ2) is 6.46. The van der Waals surface area contributed by atoms with Crippen LogP contribution in [0.5, 0.6) is 0 Å². The largest absolute Gasteiger partial charge is 0.458 e. The van der Waals surface area contributed by atoms with Crippen LogP contribution in [-0.2, 0) is 9.47 Å². The third-order valence-corrected chi connectivity index (χ3v) is 13.2. The Balaban J connectivity index is 0.961. The number of esters is 1. The molecule has 2 aromatic rings. The molecular formula is C33H34O3. The van der Waals surface area contributed by atoms with Crippen LogP contribution >= 0.6 is 0 Å². The van der Waals surface area contributed by atoms with Crippen molar-refractivity contribution in [1.29, 1.82) is 0 Å². The smallest absolute Gasteiger partial charge is 0.339 e. The second-order valence-corrected chi connectivity index (χ2v) is 13.9. The molecule has 3 heteroatoms. The Hall–Kier alpha value is -2.13. The Morgan fingerprint density at radius 1 is 0.750 bits per heavy atom. The number of carbonyl (C=O) groups is 1. The van der Waals surface area contributed by atoms with Gasteiger partial charge in [-0.15, -0.1) is 0 Å². The molecule has 8 aliphatic rings. The van der Waals surface area contributed by atoms with E-state index < -0.39 is 0 Å². The van der Waals surface area contributed by atoms with E-state index in [-0.39, 0.29) is 12.1 Å². The average molecular weight is 479 g/mol. The lowest BCUT2D eigenvalue weighted by atomic mass is 9.54. The summed E-state index contributed by atoms with van der Waals surface area (Å²) in [6.45, 7) is 2.36. The molecule has 8 bridgehead atoms. The standard InChI is InChI=1S/C33H34O3/c1-14-20-12-23(30(14)36-33(34)19-8-4-6-15-5-2-3-7-18(15)19)29-26(20)31-27-21-13-22(28(27)32(29)35-31)25-17-10-9-16(11-17)24(21)25/h2-10,14,16-17,20-32H,11-13H2,1H3. The number of benzene rings is 2. The highest BCUT2D eigenvalue weighted by molar-refractivity contribution is 6.04. The molecule has 184 valence electrons. The summed E-state index contributed by atoms with van der Waals surface area (Å²) in [4.78, 5) is 13.5. The highest BCUT2D eigenvalue weighted by Crippen LogP contribution is 2.77. The Bertz CT molecular complexity index is 1340. The van der Waals surface area contributed by atoms with Crippen molar-refractivity contribution in [2.24, 2.45) is 76.9 Å². The Labute approximate surface area is 212 Å². The average Bonchev–Trinajstić information content (AvgIpc) is 3.73. The van der Waals surface area contributed by atoms with Gasteiger partial charge in [-0.2, -0.15) is 0 Å². The number of carbonyl (C=O) groups excluding carboxylic acids is 1. The van der Waals surface area contributed by atoms with E-state index in [0.29, 0.717) is 41.4 Å². The molecule has 7 fully saturated rings. The molecule has 3 nitrogen and oxygen atoms in total. The molecule has 2 heterocycles. The number of allylic oxidation sites excluding steroid dienone is 2. The van der Waals surface area contributed by atoms with Crippen molar-refractivity contribution >= 4 is 16.7 Å². The molecule has 0 N–H and O–H groups in total. The van der Waals surface area contributed by atoms with Gasteiger partial charge in [0.15, 0.2) is 0 Å². The van der Waals surface area contributed by atoms with Crippen LogP contribution in [0.25, 0.3) is 10.8 Å². The number of fused-ring (bicyclic) bond motifs is 24. The molecule has 0 aromatic heterocycles. The van der Waals surface area contributed by atoms with Crippen LogP contribution in [0.4, 0.5) is 0 Å². The Morgan fingerprint density at radius 3 is 2.17 bits per heavy atom. The summed E-state index contributed by atoms with van der Waals surface area (Å²) < 4.78 is 13.5. The van der Waals surface area contributed by atoms with E-state index in [1.807, 2.05) is 30.3 Å². The maximum atomic E-state index is 13.5. The molecule has 36 heavy (non-hydrogen) atoms. The number of hydrogen-bond acceptors (Lipinski definition) is 3. The van der Waals surface area contributed by atoms with Gasteiger partial charge in [-0.3, -0.25) is 0 Å². The second-order valence-electron chi connectivity index (χ2n) is 13.9. The summed E-state index contributed by atoms with van der Waals surface area (Å²) in [6.07, 6.45) is 10.3. The van der Waals surface area contributed by atoms with E-state index in [1.165, 1.54) is 19.3 Å². The summed E-state index contributed by atoms with van der Waals surface area (Å²) in [5.41, 5.74) is 0.715. The fraction of sp³-hybridized carbons (Fsp3) is 0.606. The molecule has 0 spiro atoms. The van der Waals surface area contributed by atoms with Gasteiger partial charge < -0.3 is 9.47 Å². The third-order valence-electron chi connectivity index (χ3n) is 13.2. The maximum absolute atomic E-state index is 13.5. The van der Waals surface area contributed by atoms with Gasteiger partial charge in [-0.25, -0.2) is 4.79 Å². The van der Waals surface area contributed by atoms with Gasteiger partial charge in [0.2, 0.25) is 0 Å². The van der Waals surface area contributed by atoms with Crippen LogP contribution in [0.2, 0.25) is 0 Å². The zero-order valence-corrected chi connectivity index (χ0v) is 20.8. The van der Waals surface area contributed by atoms with Crippen molar-refractivity contribution in [3.05, 3.63) is 60.2 Å². The lowest BCUT2D eigenvalue weighted by Crippen LogP contribution is -2.52. The van der Waals surface area contributed by atoms with Crippen LogP contribution < -0.4 is 0 Å². The molecule has 0 radical (unpaired) electrons. The van der Waals surface area contributed by atoms with E-state index >= 15 is 0 Å². The van der Waals surface area contributed by atoms with E-state index in [0.717, 1.165) is 64.0 Å². The number of rotatable bonds is 2. The Morgan fingerprint density at radius 2 is 1.39 bits per heavy atom. The van der Waals surface area contributed by atoms with Crippen molar-refractivity contribution in [3.63, 3.8) is 0 Å². The van der Waals surface area contributed by atoms with Crippen LogP contribution in [0.3, 0.4) is 0 Å². The van der Waals surface area contributed by atoms with Gasteiger partial charge in [0, 0.05) is 5.92 Å². The fourth-order valence-corrected chi connectivity index (χ4v) is 12.6. The SMILES string of the molecule is CC1C2CC(C1OC(=O)c1cccc3ccccc13)C1C3OC(C21)C1C2CC(C4C5C=CC(C5)C24)C31. The maximum Gasteiger partial charge on any atom is 0.339 e. The first-order chi connectivity index (χ1) is 17.7. The minimum atomic E-state index is -0.133. The highest BCUT2D eigenvalue weighted by atomic mass is 16.5. The minimum absolute atomic E-state index is 0.0425. The molecule has 2 aliphatic heterocycles. The van der Waals surface area contributed by atoms with Crippen molar-refractivity contribution in [3.8, 4) is 0 Å². The Kier molecular flexibility index (Phi) is 3.57. The predicted octanol–water partition coefficient (Wildman–Crippen LogP) is 5.98. The monoisotopic (exact) mass is 478 g/mol. The summed E-state index contributed by atoms with van der Waals surface area (Å²) in [6, 6.07) is 14.2. The quantitative estimate of drug-likeness (QED) is 0.302. The predicted molar refractivity (Wildman–Crippen MR) is 136 cm³/mol. The van der Waals surface area contributed by atoms with Crippen LogP contribution in [-0.4, -0.2) is 24.3 Å². The number of hydrogen-bond donors (Lipinski definition) is 0. The normalized spacial score (nSPS) is 55.5. The molecule has 2 aromatic carbocycles. The molecule has 2 saturated heterocycles. The van der Waals surface area contributed by atoms with Crippen LogP contribution in [0.15, 0.2) is 54.6 Å². The number of ether oxygens (including phenoxy) is 2. The lowest BCUT2D eigenvalue weighted by molar-refractivity contribution is -0.0508. The van der Waals surface area contributed by atoms with E-state index in [4.69, 9.17) is 9.47 Å². The molecule has 10 rings (SSSR count). The first kappa shape index (κ1) is 19.9. The van der Waals surface area contributed by atoms with Gasteiger partial charge in [0.05, 0.1) is 17.8 Å². The van der Waals surface area contributed by atoms with Crippen molar-refractivity contribution in [2.45, 2.75) is 44.5 Å². The molecule has 6 aliphatic carbocycles. The minimum Gasteiger partial charge on any atom is -0.458 e. The van der Waals surface area contributed by atoms with Crippen molar-refractivity contribution in [2.75, 3.05) is 0 Å². The van der Waals surface area contributed by atoms with Crippen LogP contribution in [0, 0.1) is 76.9 Å². The lowest BCUT2D eigenvalue weighted by Gasteiger charge is -2.49. The first-order valence-electron chi connectivity index (χ1n) is 14.7. The van der Waals surface area contributed by atoms with Crippen molar-refractivity contribution in [1.82, 2.24) is 0 Å². The zero-order valence-electron chi connectivity index (χ0n) is 20.8. The molecular weight excluding hydrogens is 444 g/mol.